The van der Waals surface area contributed by atoms with E-state index in [1.807, 2.05) is 24.3 Å². The molecule has 1 aliphatic rings. The first-order valence-corrected chi connectivity index (χ1v) is 7.83. The number of aliphatic hydroxyl groups is 1. The molecule has 1 N–H and O–H groups in total. The lowest BCUT2D eigenvalue weighted by atomic mass is 9.88. The monoisotopic (exact) mass is 330 g/mol. The van der Waals surface area contributed by atoms with E-state index in [9.17, 15) is 9.59 Å². The maximum Gasteiger partial charge on any atom is 0.228 e. The van der Waals surface area contributed by atoms with Gasteiger partial charge in [0.15, 0.2) is 0 Å². The summed E-state index contributed by atoms with van der Waals surface area (Å²) >= 11 is 0. The van der Waals surface area contributed by atoms with Crippen LogP contribution in [0.1, 0.15) is 24.5 Å². The van der Waals surface area contributed by atoms with Crippen molar-refractivity contribution in [2.75, 3.05) is 20.8 Å². The van der Waals surface area contributed by atoms with Gasteiger partial charge < -0.3 is 14.6 Å². The van der Waals surface area contributed by atoms with Crippen LogP contribution in [0, 0.1) is 0 Å². The molecule has 2 rings (SSSR count). The molecule has 5 heteroatoms. The summed E-state index contributed by atoms with van der Waals surface area (Å²) in [6.45, 7) is 1.80. The van der Waals surface area contributed by atoms with Crippen molar-refractivity contribution in [3.8, 4) is 0 Å². The van der Waals surface area contributed by atoms with Crippen molar-refractivity contribution in [1.82, 2.24) is 0 Å². The molecule has 0 amide bonds. The highest BCUT2D eigenvalue weighted by atomic mass is 16.5. The number of ketones is 2. The number of hydrogen-bond donors (Lipinski definition) is 1. The summed E-state index contributed by atoms with van der Waals surface area (Å²) in [6.07, 6.45) is 1.89. The Bertz CT molecular complexity index is 695. The van der Waals surface area contributed by atoms with Gasteiger partial charge in [0.25, 0.3) is 0 Å². The molecule has 1 aromatic carbocycles. The van der Waals surface area contributed by atoms with Gasteiger partial charge in [-0.25, -0.2) is 0 Å². The number of Topliss-reactive ketones (excluding diaryl/α,β-unsaturated/α-hetero) is 2. The van der Waals surface area contributed by atoms with E-state index in [4.69, 9.17) is 14.6 Å². The molecule has 128 valence electrons. The second kappa shape index (κ2) is 7.93. The summed E-state index contributed by atoms with van der Waals surface area (Å²) in [4.78, 5) is 24.9. The van der Waals surface area contributed by atoms with Gasteiger partial charge in [-0.15, -0.1) is 0 Å². The molecular weight excluding hydrogens is 308 g/mol. The number of methoxy groups -OCH3 is 2. The average Bonchev–Trinajstić information content (AvgIpc) is 2.60. The van der Waals surface area contributed by atoms with Crippen molar-refractivity contribution in [1.29, 1.82) is 0 Å². The molecule has 0 aromatic heterocycles. The smallest absolute Gasteiger partial charge is 0.228 e. The van der Waals surface area contributed by atoms with Crippen LogP contribution in [-0.2, 0) is 31.9 Å². The minimum absolute atomic E-state index is 0.0388. The van der Waals surface area contributed by atoms with Gasteiger partial charge in [-0.2, -0.15) is 0 Å². The van der Waals surface area contributed by atoms with Crippen LogP contribution in [-0.4, -0.2) is 37.5 Å². The fraction of sp³-hybridized carbons (Fsp3) is 0.368. The Labute approximate surface area is 141 Å². The summed E-state index contributed by atoms with van der Waals surface area (Å²) in [6, 6.07) is 7.83. The summed E-state index contributed by atoms with van der Waals surface area (Å²) in [5.41, 5.74) is 2.89. The minimum Gasteiger partial charge on any atom is -0.489 e. The maximum absolute atomic E-state index is 12.6. The number of benzene rings is 1. The van der Waals surface area contributed by atoms with Crippen molar-refractivity contribution < 1.29 is 24.2 Å². The van der Waals surface area contributed by atoms with Crippen LogP contribution in [0.3, 0.4) is 0 Å². The molecule has 0 saturated carbocycles. The number of aliphatic hydroxyl groups excluding tert-OH is 1. The fourth-order valence-electron chi connectivity index (χ4n) is 2.72. The molecule has 0 radical (unpaired) electrons. The Morgan fingerprint density at radius 1 is 0.917 bits per heavy atom. The lowest BCUT2D eigenvalue weighted by Gasteiger charge is -2.20. The van der Waals surface area contributed by atoms with Gasteiger partial charge in [0.2, 0.25) is 23.1 Å². The maximum atomic E-state index is 12.6. The van der Waals surface area contributed by atoms with Gasteiger partial charge in [-0.05, 0) is 30.9 Å². The van der Waals surface area contributed by atoms with Crippen LogP contribution < -0.4 is 0 Å². The largest absolute Gasteiger partial charge is 0.489 e. The van der Waals surface area contributed by atoms with Crippen LogP contribution in [0.15, 0.2) is 46.9 Å². The number of rotatable bonds is 7. The Morgan fingerprint density at radius 3 is 2.00 bits per heavy atom. The molecule has 0 heterocycles. The Morgan fingerprint density at radius 2 is 1.46 bits per heavy atom. The summed E-state index contributed by atoms with van der Waals surface area (Å²) < 4.78 is 10.1. The summed E-state index contributed by atoms with van der Waals surface area (Å²) in [5, 5.41) is 8.87. The van der Waals surface area contributed by atoms with Crippen LogP contribution >= 0.6 is 0 Å². The lowest BCUT2D eigenvalue weighted by Crippen LogP contribution is -2.26. The summed E-state index contributed by atoms with van der Waals surface area (Å²) in [5.74, 6) is -0.704. The van der Waals surface area contributed by atoms with Crippen molar-refractivity contribution in [3.05, 3.63) is 58.1 Å². The number of carbonyl (C=O) groups excluding carboxylic acids is 2. The first kappa shape index (κ1) is 17.9. The highest BCUT2D eigenvalue weighted by Crippen LogP contribution is 2.28. The van der Waals surface area contributed by atoms with Crippen LogP contribution in [0.4, 0.5) is 0 Å². The molecule has 0 fully saturated rings. The zero-order chi connectivity index (χ0) is 17.7. The standard InChI is InChI=1S/C19H22O5/c1-12-15(17(22)19(24-3)18(23-2)16(12)21)11-14-8-6-13(7-9-14)5-4-10-20/h6-9,20H,4-5,10-11H2,1-3H3. The third-order valence-electron chi connectivity index (χ3n) is 4.12. The van der Waals surface area contributed by atoms with Crippen LogP contribution in [0.25, 0.3) is 0 Å². The van der Waals surface area contributed by atoms with Gasteiger partial charge in [0.1, 0.15) is 0 Å². The molecular formula is C19H22O5. The van der Waals surface area contributed by atoms with Gasteiger partial charge in [0, 0.05) is 24.2 Å². The van der Waals surface area contributed by atoms with E-state index in [2.05, 4.69) is 0 Å². The van der Waals surface area contributed by atoms with Gasteiger partial charge >= 0.3 is 0 Å². The highest BCUT2D eigenvalue weighted by molar-refractivity contribution is 6.23. The van der Waals surface area contributed by atoms with Gasteiger partial charge in [0.05, 0.1) is 14.2 Å². The number of hydrogen-bond acceptors (Lipinski definition) is 5. The third-order valence-corrected chi connectivity index (χ3v) is 4.12. The average molecular weight is 330 g/mol. The SMILES string of the molecule is COC1=C(OC)C(=O)C(Cc2ccc(CCCO)cc2)=C(C)C1=O. The Kier molecular flexibility index (Phi) is 5.93. The number of aryl methyl sites for hydroxylation is 1. The minimum atomic E-state index is -0.316. The number of carbonyl (C=O) groups is 2. The van der Waals surface area contributed by atoms with E-state index < -0.39 is 0 Å². The first-order valence-electron chi connectivity index (χ1n) is 7.83. The number of ether oxygens (including phenoxy) is 2. The normalized spacial score (nSPS) is 15.2. The van der Waals surface area contributed by atoms with Crippen molar-refractivity contribution in [3.63, 3.8) is 0 Å². The second-order valence-electron chi connectivity index (χ2n) is 5.65. The summed E-state index contributed by atoms with van der Waals surface area (Å²) in [7, 11) is 2.71. The highest BCUT2D eigenvalue weighted by Gasteiger charge is 2.34. The Hall–Kier alpha value is -2.40. The van der Waals surface area contributed by atoms with E-state index in [0.717, 1.165) is 24.0 Å². The zero-order valence-electron chi connectivity index (χ0n) is 14.2. The third kappa shape index (κ3) is 3.57. The van der Waals surface area contributed by atoms with E-state index in [1.165, 1.54) is 14.2 Å². The van der Waals surface area contributed by atoms with E-state index in [1.54, 1.807) is 6.92 Å². The zero-order valence-corrected chi connectivity index (χ0v) is 14.2. The predicted octanol–water partition coefficient (Wildman–Crippen LogP) is 2.13. The van der Waals surface area contributed by atoms with Crippen LogP contribution in [0.5, 0.6) is 0 Å². The Balaban J connectivity index is 2.24. The molecule has 5 nitrogen and oxygen atoms in total. The topological polar surface area (TPSA) is 72.8 Å². The molecule has 0 aliphatic heterocycles. The molecule has 0 unspecified atom stereocenters. The van der Waals surface area contributed by atoms with Crippen molar-refractivity contribution in [2.45, 2.75) is 26.2 Å². The van der Waals surface area contributed by atoms with Gasteiger partial charge in [-0.1, -0.05) is 24.3 Å². The van der Waals surface area contributed by atoms with E-state index in [0.29, 0.717) is 17.6 Å². The predicted molar refractivity (Wildman–Crippen MR) is 89.3 cm³/mol. The molecule has 0 spiro atoms. The lowest BCUT2D eigenvalue weighted by molar-refractivity contribution is -0.121. The molecule has 24 heavy (non-hydrogen) atoms. The van der Waals surface area contributed by atoms with E-state index >= 15 is 0 Å². The van der Waals surface area contributed by atoms with E-state index in [-0.39, 0.29) is 29.7 Å². The first-order chi connectivity index (χ1) is 11.5. The molecule has 1 aliphatic carbocycles. The number of allylic oxidation sites excluding steroid dienone is 2. The second-order valence-corrected chi connectivity index (χ2v) is 5.65. The molecule has 0 atom stereocenters. The molecule has 0 bridgehead atoms. The van der Waals surface area contributed by atoms with Crippen molar-refractivity contribution >= 4 is 11.6 Å². The molecule has 1 aromatic rings. The molecule has 0 saturated heterocycles. The van der Waals surface area contributed by atoms with Gasteiger partial charge in [-0.3, -0.25) is 9.59 Å². The quantitative estimate of drug-likeness (QED) is 0.775. The van der Waals surface area contributed by atoms with Crippen molar-refractivity contribution in [2.24, 2.45) is 0 Å². The van der Waals surface area contributed by atoms with Crippen LogP contribution in [0.2, 0.25) is 0 Å². The fourth-order valence-corrected chi connectivity index (χ4v) is 2.72.